The van der Waals surface area contributed by atoms with Crippen LogP contribution in [0.25, 0.3) is 11.4 Å². The van der Waals surface area contributed by atoms with Gasteiger partial charge in [-0.3, -0.25) is 0 Å². The third-order valence-electron chi connectivity index (χ3n) is 3.20. The Morgan fingerprint density at radius 3 is 2.48 bits per heavy atom. The van der Waals surface area contributed by atoms with Crippen molar-refractivity contribution in [2.45, 2.75) is 11.9 Å². The van der Waals surface area contributed by atoms with Crippen LogP contribution in [0.3, 0.4) is 0 Å². The molecule has 0 spiro atoms. The molecule has 1 heterocycles. The van der Waals surface area contributed by atoms with Crippen molar-refractivity contribution in [2.75, 3.05) is 37.4 Å². The van der Waals surface area contributed by atoms with Crippen molar-refractivity contribution in [2.24, 2.45) is 0 Å². The Morgan fingerprint density at radius 2 is 1.92 bits per heavy atom. The predicted molar refractivity (Wildman–Crippen MR) is 107 cm³/mol. The molecule has 0 radical (unpaired) electrons. The standard InChI is InChI=1S/C15H21BrClN3O3S2/c1-24(2,3)8-7-23-10-20-15(25(4,21)22)18-14(19-20)12-6-5-11(16)9-13(12)17/h5-6,9H,7-8,10H2,1-4H3. The first kappa shape index (κ1) is 20.7. The van der Waals surface area contributed by atoms with Gasteiger partial charge < -0.3 is 4.74 Å². The molecule has 1 aromatic heterocycles. The van der Waals surface area contributed by atoms with Gasteiger partial charge in [0.05, 0.1) is 11.6 Å². The molecule has 10 heteroatoms. The van der Waals surface area contributed by atoms with Crippen LogP contribution in [0.2, 0.25) is 5.02 Å². The lowest BCUT2D eigenvalue weighted by molar-refractivity contribution is 0.0738. The van der Waals surface area contributed by atoms with E-state index in [1.807, 2.05) is 0 Å². The number of sulfone groups is 1. The minimum absolute atomic E-state index is 0.0269. The first-order valence-electron chi connectivity index (χ1n) is 7.31. The number of hydrogen-bond donors (Lipinski definition) is 0. The van der Waals surface area contributed by atoms with E-state index in [1.54, 1.807) is 18.2 Å². The SMILES string of the molecule is CS(C)(C)CCOCn1nc(-c2ccc(Br)cc2Cl)nc1S(C)(=O)=O. The van der Waals surface area contributed by atoms with Gasteiger partial charge in [0.25, 0.3) is 0 Å². The smallest absolute Gasteiger partial charge is 0.248 e. The highest BCUT2D eigenvalue weighted by Gasteiger charge is 2.21. The topological polar surface area (TPSA) is 74.1 Å². The molecule has 0 aliphatic heterocycles. The number of rotatable bonds is 7. The zero-order chi connectivity index (χ0) is 18.8. The third-order valence-corrected chi connectivity index (χ3v) is 6.36. The van der Waals surface area contributed by atoms with Crippen molar-refractivity contribution < 1.29 is 13.2 Å². The maximum atomic E-state index is 12.0. The Bertz CT molecular complexity index is 863. The summed E-state index contributed by atoms with van der Waals surface area (Å²) in [5.74, 6) is 1.18. The van der Waals surface area contributed by atoms with Gasteiger partial charge in [-0.05, 0) is 37.0 Å². The minimum atomic E-state index is -3.54. The van der Waals surface area contributed by atoms with Crippen molar-refractivity contribution in [1.82, 2.24) is 14.8 Å². The van der Waals surface area contributed by atoms with Gasteiger partial charge in [0, 0.05) is 22.0 Å². The highest BCUT2D eigenvalue weighted by atomic mass is 79.9. The summed E-state index contributed by atoms with van der Waals surface area (Å²) >= 11 is 9.55. The van der Waals surface area contributed by atoms with Crippen LogP contribution in [-0.4, -0.2) is 60.6 Å². The highest BCUT2D eigenvalue weighted by Crippen LogP contribution is 2.33. The van der Waals surface area contributed by atoms with Crippen LogP contribution < -0.4 is 0 Å². The molecular formula is C15H21BrClN3O3S2. The van der Waals surface area contributed by atoms with E-state index in [1.165, 1.54) is 4.68 Å². The molecule has 0 atom stereocenters. The summed E-state index contributed by atoms with van der Waals surface area (Å²) in [6.45, 7) is 0.565. The van der Waals surface area contributed by atoms with E-state index in [2.05, 4.69) is 44.8 Å². The Balaban J connectivity index is 2.28. The summed E-state index contributed by atoms with van der Waals surface area (Å²) in [6.07, 6.45) is 7.68. The number of benzene rings is 1. The molecule has 0 N–H and O–H groups in total. The van der Waals surface area contributed by atoms with Gasteiger partial charge in [-0.25, -0.2) is 23.1 Å². The maximum absolute atomic E-state index is 12.0. The second-order valence-electron chi connectivity index (χ2n) is 6.45. The van der Waals surface area contributed by atoms with Crippen LogP contribution in [-0.2, 0) is 21.3 Å². The highest BCUT2D eigenvalue weighted by molar-refractivity contribution is 9.10. The van der Waals surface area contributed by atoms with Crippen molar-refractivity contribution in [3.05, 3.63) is 27.7 Å². The summed E-state index contributed by atoms with van der Waals surface area (Å²) in [5.41, 5.74) is 0.563. The van der Waals surface area contributed by atoms with Gasteiger partial charge in [-0.1, -0.05) is 27.5 Å². The number of hydrogen-bond acceptors (Lipinski definition) is 5. The average molecular weight is 471 g/mol. The van der Waals surface area contributed by atoms with Gasteiger partial charge in [-0.2, -0.15) is 4.98 Å². The molecule has 2 aromatic rings. The quantitative estimate of drug-likeness (QED) is 0.580. The van der Waals surface area contributed by atoms with E-state index in [0.717, 1.165) is 16.5 Å². The number of ether oxygens (including phenoxy) is 1. The number of aromatic nitrogens is 3. The van der Waals surface area contributed by atoms with E-state index in [9.17, 15) is 8.42 Å². The number of nitrogens with zero attached hydrogens (tertiary/aromatic N) is 3. The fourth-order valence-electron chi connectivity index (χ4n) is 1.93. The van der Waals surface area contributed by atoms with Crippen LogP contribution in [0.1, 0.15) is 0 Å². The molecule has 2 rings (SSSR count). The molecule has 0 saturated carbocycles. The Hall–Kier alpha value is -0.610. The minimum Gasteiger partial charge on any atom is -0.358 e. The summed E-state index contributed by atoms with van der Waals surface area (Å²) in [7, 11) is -4.22. The second kappa shape index (κ2) is 7.96. The zero-order valence-corrected chi connectivity index (χ0v) is 18.5. The fourth-order valence-corrected chi connectivity index (χ4v) is 4.04. The predicted octanol–water partition coefficient (Wildman–Crippen LogP) is 3.43. The lowest BCUT2D eigenvalue weighted by atomic mass is 10.2. The van der Waals surface area contributed by atoms with Gasteiger partial charge in [0.1, 0.15) is 6.73 Å². The molecule has 25 heavy (non-hydrogen) atoms. The fraction of sp³-hybridized carbons (Fsp3) is 0.467. The van der Waals surface area contributed by atoms with Crippen LogP contribution in [0, 0.1) is 0 Å². The van der Waals surface area contributed by atoms with Gasteiger partial charge in [-0.15, -0.1) is 5.10 Å². The van der Waals surface area contributed by atoms with Gasteiger partial charge in [0.2, 0.25) is 15.0 Å². The van der Waals surface area contributed by atoms with E-state index in [-0.39, 0.29) is 17.7 Å². The Kier molecular flexibility index (Phi) is 6.59. The van der Waals surface area contributed by atoms with Crippen LogP contribution >= 0.6 is 37.6 Å². The van der Waals surface area contributed by atoms with Crippen molar-refractivity contribution in [3.8, 4) is 11.4 Å². The van der Waals surface area contributed by atoms with Crippen molar-refractivity contribution in [3.63, 3.8) is 0 Å². The molecule has 0 unspecified atom stereocenters. The lowest BCUT2D eigenvalue weighted by Gasteiger charge is -2.24. The summed E-state index contributed by atoms with van der Waals surface area (Å²) in [4.78, 5) is 4.16. The normalized spacial score (nSPS) is 13.2. The largest absolute Gasteiger partial charge is 0.358 e. The average Bonchev–Trinajstić information content (AvgIpc) is 2.86. The van der Waals surface area contributed by atoms with E-state index in [4.69, 9.17) is 16.3 Å². The van der Waals surface area contributed by atoms with Crippen LogP contribution in [0.15, 0.2) is 27.8 Å². The summed E-state index contributed by atoms with van der Waals surface area (Å²) < 4.78 is 31.7. The molecule has 0 amide bonds. The zero-order valence-electron chi connectivity index (χ0n) is 14.5. The van der Waals surface area contributed by atoms with Gasteiger partial charge >= 0.3 is 0 Å². The molecule has 0 bridgehead atoms. The van der Waals surface area contributed by atoms with E-state index < -0.39 is 19.9 Å². The molecule has 140 valence electrons. The molecule has 0 fully saturated rings. The lowest BCUT2D eigenvalue weighted by Crippen LogP contribution is -2.15. The molecule has 6 nitrogen and oxygen atoms in total. The molecule has 0 saturated heterocycles. The maximum Gasteiger partial charge on any atom is 0.248 e. The van der Waals surface area contributed by atoms with Crippen LogP contribution in [0.5, 0.6) is 0 Å². The molecular weight excluding hydrogens is 450 g/mol. The summed E-state index contributed by atoms with van der Waals surface area (Å²) in [5, 5.41) is 4.58. The Labute approximate surface area is 163 Å². The molecule has 1 aromatic carbocycles. The van der Waals surface area contributed by atoms with Crippen molar-refractivity contribution in [1.29, 1.82) is 0 Å². The van der Waals surface area contributed by atoms with E-state index in [0.29, 0.717) is 17.2 Å². The first-order chi connectivity index (χ1) is 11.5. The van der Waals surface area contributed by atoms with Crippen LogP contribution in [0.4, 0.5) is 0 Å². The van der Waals surface area contributed by atoms with Crippen molar-refractivity contribution >= 4 is 47.4 Å². The van der Waals surface area contributed by atoms with Gasteiger partial charge in [0.15, 0.2) is 5.82 Å². The third kappa shape index (κ3) is 5.96. The first-order valence-corrected chi connectivity index (χ1v) is 13.4. The molecule has 0 aliphatic carbocycles. The second-order valence-corrected chi connectivity index (χ2v) is 14.3. The summed E-state index contributed by atoms with van der Waals surface area (Å²) in [6, 6.07) is 5.24. The van der Waals surface area contributed by atoms with E-state index >= 15 is 0 Å². The Morgan fingerprint density at radius 1 is 1.24 bits per heavy atom. The molecule has 0 aliphatic rings. The monoisotopic (exact) mass is 469 g/mol. The number of halogens is 2.